The summed E-state index contributed by atoms with van der Waals surface area (Å²) < 4.78 is 6.14. The zero-order valence-corrected chi connectivity index (χ0v) is 21.1. The molecule has 2 N–H and O–H groups in total. The van der Waals surface area contributed by atoms with E-state index in [1.807, 2.05) is 6.07 Å². The van der Waals surface area contributed by atoms with Crippen LogP contribution < -0.4 is 20.3 Å². The number of benzene rings is 3. The van der Waals surface area contributed by atoms with Gasteiger partial charge in [0.1, 0.15) is 11.3 Å². The highest BCUT2D eigenvalue weighted by molar-refractivity contribution is 9.10. The molecule has 10 heteroatoms. The van der Waals surface area contributed by atoms with Crippen LogP contribution in [0.25, 0.3) is 6.08 Å². The van der Waals surface area contributed by atoms with Gasteiger partial charge in [-0.3, -0.25) is 24.6 Å². The lowest BCUT2D eigenvalue weighted by Gasteiger charge is -2.28. The van der Waals surface area contributed by atoms with E-state index in [-0.39, 0.29) is 23.2 Å². The number of halogens is 2. The number of thiocarbonyl (C=S) groups is 1. The Morgan fingerprint density at radius 3 is 2.49 bits per heavy atom. The Morgan fingerprint density at radius 1 is 1.09 bits per heavy atom. The highest BCUT2D eigenvalue weighted by atomic mass is 79.9. The van der Waals surface area contributed by atoms with E-state index in [1.165, 1.54) is 11.0 Å². The molecule has 3 amide bonds. The molecule has 0 spiro atoms. The van der Waals surface area contributed by atoms with Gasteiger partial charge in [0.2, 0.25) is 0 Å². The van der Waals surface area contributed by atoms with E-state index in [4.69, 9.17) is 28.6 Å². The van der Waals surface area contributed by atoms with E-state index in [2.05, 4.69) is 26.6 Å². The third-order valence-electron chi connectivity index (χ3n) is 4.87. The van der Waals surface area contributed by atoms with E-state index >= 15 is 0 Å². The van der Waals surface area contributed by atoms with Crippen molar-refractivity contribution in [2.24, 2.45) is 0 Å². The van der Waals surface area contributed by atoms with Crippen LogP contribution in [-0.4, -0.2) is 29.4 Å². The molecule has 35 heavy (non-hydrogen) atoms. The number of nitrogens with one attached hydrogen (secondary N) is 2. The Bertz CT molecular complexity index is 1350. The van der Waals surface area contributed by atoms with Crippen LogP contribution in [0.5, 0.6) is 5.75 Å². The van der Waals surface area contributed by atoms with Gasteiger partial charge in [0.05, 0.1) is 10.2 Å². The van der Waals surface area contributed by atoms with Crippen molar-refractivity contribution in [2.45, 2.75) is 0 Å². The summed E-state index contributed by atoms with van der Waals surface area (Å²) in [6.07, 6.45) is 1.47. The fourth-order valence-electron chi connectivity index (χ4n) is 3.23. The van der Waals surface area contributed by atoms with E-state index in [0.29, 0.717) is 32.2 Å². The Labute approximate surface area is 219 Å². The summed E-state index contributed by atoms with van der Waals surface area (Å²) in [6, 6.07) is 20.5. The van der Waals surface area contributed by atoms with Crippen molar-refractivity contribution in [3.63, 3.8) is 0 Å². The SMILES string of the molecule is O=C(COc1ccc(/C=C2/C(=O)NC(=S)N(c3ccccc3)C2=O)cc1Br)Nc1ccc(Cl)cc1. The van der Waals surface area contributed by atoms with Gasteiger partial charge in [0.25, 0.3) is 17.7 Å². The summed E-state index contributed by atoms with van der Waals surface area (Å²) in [5.74, 6) is -1.03. The molecule has 0 aromatic heterocycles. The van der Waals surface area contributed by atoms with Crippen LogP contribution in [0.15, 0.2) is 82.8 Å². The zero-order chi connectivity index (χ0) is 24.9. The van der Waals surface area contributed by atoms with E-state index in [9.17, 15) is 14.4 Å². The average Bonchev–Trinajstić information content (AvgIpc) is 2.83. The summed E-state index contributed by atoms with van der Waals surface area (Å²) in [6.45, 7) is -0.216. The van der Waals surface area contributed by atoms with Crippen LogP contribution in [0.2, 0.25) is 5.02 Å². The maximum absolute atomic E-state index is 13.1. The molecule has 176 valence electrons. The summed E-state index contributed by atoms with van der Waals surface area (Å²) in [4.78, 5) is 39.0. The fraction of sp³-hybridized carbons (Fsp3) is 0.0400. The van der Waals surface area contributed by atoms with Crippen molar-refractivity contribution in [1.29, 1.82) is 0 Å². The number of carbonyl (C=O) groups is 3. The normalized spacial score (nSPS) is 14.6. The molecule has 0 aliphatic carbocycles. The first-order valence-corrected chi connectivity index (χ1v) is 11.8. The van der Waals surface area contributed by atoms with Crippen LogP contribution >= 0.6 is 39.7 Å². The molecule has 1 fully saturated rings. The van der Waals surface area contributed by atoms with Crippen LogP contribution in [0.3, 0.4) is 0 Å². The third-order valence-corrected chi connectivity index (χ3v) is 6.03. The first kappa shape index (κ1) is 24.6. The van der Waals surface area contributed by atoms with Gasteiger partial charge in [-0.1, -0.05) is 35.9 Å². The number of hydrogen-bond donors (Lipinski definition) is 2. The Morgan fingerprint density at radius 2 is 1.80 bits per heavy atom. The molecule has 1 heterocycles. The second-order valence-corrected chi connectivity index (χ2v) is 9.00. The van der Waals surface area contributed by atoms with Crippen molar-refractivity contribution in [3.8, 4) is 5.75 Å². The molecule has 0 radical (unpaired) electrons. The molecular formula is C25H17BrClN3O4S. The number of hydrogen-bond acceptors (Lipinski definition) is 5. The quantitative estimate of drug-likeness (QED) is 0.249. The lowest BCUT2D eigenvalue weighted by atomic mass is 10.1. The lowest BCUT2D eigenvalue weighted by Crippen LogP contribution is -2.54. The topological polar surface area (TPSA) is 87.7 Å². The van der Waals surface area contributed by atoms with Crippen molar-refractivity contribution < 1.29 is 19.1 Å². The van der Waals surface area contributed by atoms with Gasteiger partial charge >= 0.3 is 0 Å². The van der Waals surface area contributed by atoms with Gasteiger partial charge in [-0.15, -0.1) is 0 Å². The third kappa shape index (κ3) is 5.94. The number of carbonyl (C=O) groups excluding carboxylic acids is 3. The van der Waals surface area contributed by atoms with E-state index in [1.54, 1.807) is 66.7 Å². The summed E-state index contributed by atoms with van der Waals surface area (Å²) in [5, 5.41) is 5.85. The minimum Gasteiger partial charge on any atom is -0.483 e. The number of nitrogens with zero attached hydrogens (tertiary/aromatic N) is 1. The van der Waals surface area contributed by atoms with Crippen LogP contribution in [-0.2, 0) is 14.4 Å². The molecular weight excluding hydrogens is 554 g/mol. The van der Waals surface area contributed by atoms with Gasteiger partial charge in [-0.2, -0.15) is 0 Å². The molecule has 7 nitrogen and oxygen atoms in total. The predicted molar refractivity (Wildman–Crippen MR) is 142 cm³/mol. The summed E-state index contributed by atoms with van der Waals surface area (Å²) >= 11 is 14.5. The van der Waals surface area contributed by atoms with Crippen molar-refractivity contribution in [1.82, 2.24) is 5.32 Å². The van der Waals surface area contributed by atoms with Gasteiger partial charge in [-0.05, 0) is 88.3 Å². The molecule has 1 saturated heterocycles. The number of amides is 3. The first-order chi connectivity index (χ1) is 16.8. The Balaban J connectivity index is 1.46. The van der Waals surface area contributed by atoms with Crippen molar-refractivity contribution in [3.05, 3.63) is 93.4 Å². The molecule has 3 aromatic rings. The maximum atomic E-state index is 13.1. The molecule has 1 aliphatic heterocycles. The molecule has 4 rings (SSSR count). The number of para-hydroxylation sites is 1. The number of anilines is 2. The molecule has 0 bridgehead atoms. The van der Waals surface area contributed by atoms with Gasteiger partial charge in [-0.25, -0.2) is 0 Å². The van der Waals surface area contributed by atoms with Crippen LogP contribution in [0.4, 0.5) is 11.4 Å². The maximum Gasteiger partial charge on any atom is 0.270 e. The number of rotatable bonds is 6. The van der Waals surface area contributed by atoms with Crippen LogP contribution in [0.1, 0.15) is 5.56 Å². The minimum absolute atomic E-state index is 0.0187. The molecule has 0 atom stereocenters. The highest BCUT2D eigenvalue weighted by Crippen LogP contribution is 2.28. The Kier molecular flexibility index (Phi) is 7.60. The first-order valence-electron chi connectivity index (χ1n) is 10.3. The van der Waals surface area contributed by atoms with Crippen molar-refractivity contribution >= 4 is 80.0 Å². The van der Waals surface area contributed by atoms with Crippen LogP contribution in [0, 0.1) is 0 Å². The highest BCUT2D eigenvalue weighted by Gasteiger charge is 2.34. The van der Waals surface area contributed by atoms with Gasteiger partial charge in [0, 0.05) is 10.7 Å². The summed E-state index contributed by atoms with van der Waals surface area (Å²) in [5.41, 5.74) is 1.67. The second-order valence-electron chi connectivity index (χ2n) is 7.33. The average molecular weight is 571 g/mol. The molecule has 0 saturated carbocycles. The van der Waals surface area contributed by atoms with E-state index in [0.717, 1.165) is 0 Å². The fourth-order valence-corrected chi connectivity index (χ4v) is 4.15. The smallest absolute Gasteiger partial charge is 0.270 e. The predicted octanol–water partition coefficient (Wildman–Crippen LogP) is 4.95. The van der Waals surface area contributed by atoms with E-state index < -0.39 is 11.8 Å². The standard InChI is InChI=1S/C25H17BrClN3O4S/c26-20-13-15(6-11-21(20)34-14-22(31)28-17-9-7-16(27)8-10-17)12-19-23(32)29-25(35)30(24(19)33)18-4-2-1-3-5-18/h1-13H,14H2,(H,28,31)(H,29,32,35)/b19-12-. The largest absolute Gasteiger partial charge is 0.483 e. The minimum atomic E-state index is -0.581. The molecule has 1 aliphatic rings. The van der Waals surface area contributed by atoms with Gasteiger partial charge < -0.3 is 10.1 Å². The van der Waals surface area contributed by atoms with Crippen molar-refractivity contribution in [2.75, 3.05) is 16.8 Å². The Hall–Kier alpha value is -3.53. The lowest BCUT2D eigenvalue weighted by molar-refractivity contribution is -0.122. The molecule has 0 unspecified atom stereocenters. The monoisotopic (exact) mass is 569 g/mol. The molecule has 3 aromatic carbocycles. The zero-order valence-electron chi connectivity index (χ0n) is 18.0. The van der Waals surface area contributed by atoms with Gasteiger partial charge in [0.15, 0.2) is 11.7 Å². The second kappa shape index (κ2) is 10.8. The summed E-state index contributed by atoms with van der Waals surface area (Å²) in [7, 11) is 0. The number of ether oxygens (including phenoxy) is 1.